The van der Waals surface area contributed by atoms with Gasteiger partial charge in [-0.3, -0.25) is 0 Å². The lowest BCUT2D eigenvalue weighted by Crippen LogP contribution is -1.96. The smallest absolute Gasteiger partial charge is 0.163 e. The average molecular weight is 207 g/mol. The van der Waals surface area contributed by atoms with Crippen molar-refractivity contribution in [1.29, 1.82) is 0 Å². The minimum atomic E-state index is -0.814. The molecular formula is C8H8ClFO3. The normalized spacial score (nSPS) is 10.4. The molecule has 0 amide bonds. The van der Waals surface area contributed by atoms with Gasteiger partial charge in [0.2, 0.25) is 0 Å². The Morgan fingerprint density at radius 3 is 2.54 bits per heavy atom. The van der Waals surface area contributed by atoms with E-state index in [4.69, 9.17) is 21.8 Å². The van der Waals surface area contributed by atoms with E-state index in [0.717, 1.165) is 6.07 Å². The summed E-state index contributed by atoms with van der Waals surface area (Å²) in [7, 11) is 0. The second-order valence-corrected chi connectivity index (χ2v) is 2.90. The maximum Gasteiger partial charge on any atom is 0.163 e. The molecule has 0 saturated heterocycles. The molecule has 1 rings (SSSR count). The molecule has 3 N–H and O–H groups in total. The third-order valence-corrected chi connectivity index (χ3v) is 1.90. The maximum atomic E-state index is 13.1. The highest BCUT2D eigenvalue weighted by atomic mass is 35.5. The molecule has 0 radical (unpaired) electrons. The summed E-state index contributed by atoms with van der Waals surface area (Å²) in [4.78, 5) is 0. The van der Waals surface area contributed by atoms with Gasteiger partial charge in [0, 0.05) is 24.7 Å². The second-order valence-electron chi connectivity index (χ2n) is 2.49. The van der Waals surface area contributed by atoms with Crippen LogP contribution in [0, 0.1) is 5.82 Å². The number of aliphatic hydroxyl groups is 1. The van der Waals surface area contributed by atoms with Crippen LogP contribution in [0.5, 0.6) is 11.5 Å². The van der Waals surface area contributed by atoms with Crippen LogP contribution >= 0.6 is 11.6 Å². The first-order valence-corrected chi connectivity index (χ1v) is 3.95. The molecule has 0 heterocycles. The fourth-order valence-electron chi connectivity index (χ4n) is 0.994. The lowest BCUT2D eigenvalue weighted by Gasteiger charge is -2.07. The zero-order valence-electron chi connectivity index (χ0n) is 6.59. The minimum absolute atomic E-state index is 0.0915. The number of rotatable bonds is 2. The lowest BCUT2D eigenvalue weighted by molar-refractivity contribution is 0.294. The van der Waals surface area contributed by atoms with Gasteiger partial charge in [-0.1, -0.05) is 11.6 Å². The van der Waals surface area contributed by atoms with Crippen LogP contribution in [-0.4, -0.2) is 21.9 Å². The van der Waals surface area contributed by atoms with E-state index in [9.17, 15) is 9.50 Å². The molecule has 1 aromatic carbocycles. The summed E-state index contributed by atoms with van der Waals surface area (Å²) in [6, 6.07) is 0.910. The molecule has 72 valence electrons. The Balaban J connectivity index is 3.28. The second kappa shape index (κ2) is 3.81. The molecule has 0 saturated carbocycles. The van der Waals surface area contributed by atoms with Crippen molar-refractivity contribution < 1.29 is 19.7 Å². The van der Waals surface area contributed by atoms with Gasteiger partial charge in [-0.05, 0) is 0 Å². The van der Waals surface area contributed by atoms with E-state index in [1.807, 2.05) is 0 Å². The number of phenols is 2. The quantitative estimate of drug-likeness (QED) is 0.642. The molecule has 0 unspecified atom stereocenters. The number of aliphatic hydroxyl groups excluding tert-OH is 1. The number of halogens is 2. The Labute approximate surface area is 79.0 Å². The molecule has 0 aliphatic rings. The van der Waals surface area contributed by atoms with Crippen LogP contribution in [0.1, 0.15) is 5.56 Å². The summed E-state index contributed by atoms with van der Waals surface area (Å²) in [5, 5.41) is 26.5. The standard InChI is InChI=1S/C8H8ClFO3/c9-5-3-6(12)8(13)4(1-2-11)7(5)10/h3,11-13H,1-2H2. The summed E-state index contributed by atoms with van der Waals surface area (Å²) in [5.74, 6) is -1.88. The third kappa shape index (κ3) is 1.84. The summed E-state index contributed by atoms with van der Waals surface area (Å²) >= 11 is 5.40. The number of benzene rings is 1. The van der Waals surface area contributed by atoms with Gasteiger partial charge in [-0.2, -0.15) is 0 Å². The lowest BCUT2D eigenvalue weighted by atomic mass is 10.1. The van der Waals surface area contributed by atoms with Gasteiger partial charge in [0.05, 0.1) is 5.02 Å². The van der Waals surface area contributed by atoms with Gasteiger partial charge >= 0.3 is 0 Å². The zero-order chi connectivity index (χ0) is 10.0. The summed E-state index contributed by atoms with van der Waals surface area (Å²) in [5.41, 5.74) is -0.174. The summed E-state index contributed by atoms with van der Waals surface area (Å²) in [6.07, 6.45) is -0.0915. The van der Waals surface area contributed by atoms with Crippen molar-refractivity contribution in [3.05, 3.63) is 22.5 Å². The zero-order valence-corrected chi connectivity index (χ0v) is 7.35. The van der Waals surface area contributed by atoms with Crippen molar-refractivity contribution in [3.63, 3.8) is 0 Å². The van der Waals surface area contributed by atoms with Crippen molar-refractivity contribution in [3.8, 4) is 11.5 Å². The molecule has 1 aromatic rings. The summed E-state index contributed by atoms with van der Waals surface area (Å²) < 4.78 is 13.1. The van der Waals surface area contributed by atoms with E-state index in [1.54, 1.807) is 0 Å². The first-order valence-electron chi connectivity index (χ1n) is 3.57. The van der Waals surface area contributed by atoms with Gasteiger partial charge in [-0.15, -0.1) is 0 Å². The fourth-order valence-corrected chi connectivity index (χ4v) is 1.21. The molecule has 13 heavy (non-hydrogen) atoms. The van der Waals surface area contributed by atoms with Gasteiger partial charge in [0.15, 0.2) is 11.5 Å². The molecule has 0 fully saturated rings. The molecule has 0 bridgehead atoms. The van der Waals surface area contributed by atoms with Crippen molar-refractivity contribution >= 4 is 11.6 Å². The predicted octanol–water partition coefficient (Wildman–Crippen LogP) is 1.43. The van der Waals surface area contributed by atoms with E-state index < -0.39 is 17.3 Å². The molecule has 3 nitrogen and oxygen atoms in total. The monoisotopic (exact) mass is 206 g/mol. The predicted molar refractivity (Wildman–Crippen MR) is 45.5 cm³/mol. The van der Waals surface area contributed by atoms with Crippen molar-refractivity contribution in [2.24, 2.45) is 0 Å². The van der Waals surface area contributed by atoms with E-state index in [0.29, 0.717) is 0 Å². The van der Waals surface area contributed by atoms with Crippen LogP contribution in [0.25, 0.3) is 0 Å². The molecule has 5 heteroatoms. The van der Waals surface area contributed by atoms with E-state index in [2.05, 4.69) is 0 Å². The van der Waals surface area contributed by atoms with E-state index >= 15 is 0 Å². The van der Waals surface area contributed by atoms with Crippen LogP contribution < -0.4 is 0 Å². The highest BCUT2D eigenvalue weighted by Gasteiger charge is 2.15. The Morgan fingerprint density at radius 1 is 1.38 bits per heavy atom. The first kappa shape index (κ1) is 10.1. The molecule has 0 aliphatic carbocycles. The molecule has 0 aliphatic heterocycles. The van der Waals surface area contributed by atoms with Gasteiger partial charge in [0.1, 0.15) is 5.82 Å². The van der Waals surface area contributed by atoms with E-state index in [1.165, 1.54) is 0 Å². The number of hydrogen-bond donors (Lipinski definition) is 3. The van der Waals surface area contributed by atoms with Crippen molar-refractivity contribution in [1.82, 2.24) is 0 Å². The third-order valence-electron chi connectivity index (χ3n) is 1.63. The molecule has 0 spiro atoms. The Morgan fingerprint density at radius 2 is 2.00 bits per heavy atom. The maximum absolute atomic E-state index is 13.1. The molecule has 0 aromatic heterocycles. The van der Waals surface area contributed by atoms with Crippen LogP contribution in [0.3, 0.4) is 0 Å². The average Bonchev–Trinajstić information content (AvgIpc) is 2.09. The van der Waals surface area contributed by atoms with Crippen molar-refractivity contribution in [2.75, 3.05) is 6.61 Å². The van der Waals surface area contributed by atoms with Gasteiger partial charge < -0.3 is 15.3 Å². The largest absolute Gasteiger partial charge is 0.504 e. The van der Waals surface area contributed by atoms with Crippen LogP contribution in [0.4, 0.5) is 4.39 Å². The number of aromatic hydroxyl groups is 2. The number of hydrogen-bond acceptors (Lipinski definition) is 3. The minimum Gasteiger partial charge on any atom is -0.504 e. The van der Waals surface area contributed by atoms with Gasteiger partial charge in [0.25, 0.3) is 0 Å². The van der Waals surface area contributed by atoms with Crippen LogP contribution in [0.2, 0.25) is 5.02 Å². The molecular weight excluding hydrogens is 199 g/mol. The van der Waals surface area contributed by atoms with Gasteiger partial charge in [-0.25, -0.2) is 4.39 Å². The van der Waals surface area contributed by atoms with Crippen LogP contribution in [-0.2, 0) is 6.42 Å². The Bertz CT molecular complexity index is 301. The summed E-state index contributed by atoms with van der Waals surface area (Å²) in [6.45, 7) is -0.329. The topological polar surface area (TPSA) is 60.7 Å². The molecule has 0 atom stereocenters. The first-order chi connectivity index (χ1) is 6.07. The number of phenolic OH excluding ortho intramolecular Hbond substituents is 2. The Hall–Kier alpha value is -1.00. The van der Waals surface area contributed by atoms with Crippen molar-refractivity contribution in [2.45, 2.75) is 6.42 Å². The Kier molecular flexibility index (Phi) is 2.95. The fraction of sp³-hybridized carbons (Fsp3) is 0.250. The highest BCUT2D eigenvalue weighted by molar-refractivity contribution is 6.31. The van der Waals surface area contributed by atoms with Crippen LogP contribution in [0.15, 0.2) is 6.07 Å². The SMILES string of the molecule is OCCc1c(O)c(O)cc(Cl)c1F. The van der Waals surface area contributed by atoms with E-state index in [-0.39, 0.29) is 23.6 Å². The highest BCUT2D eigenvalue weighted by Crippen LogP contribution is 2.35.